The van der Waals surface area contributed by atoms with Crippen molar-refractivity contribution in [2.24, 2.45) is 0 Å². The third kappa shape index (κ3) is 1.97. The number of hydrogen-bond donors (Lipinski definition) is 1. The Morgan fingerprint density at radius 2 is 2.14 bits per heavy atom. The first-order valence-electron chi connectivity index (χ1n) is 4.02. The minimum Gasteiger partial charge on any atom is -0.385 e. The Balaban J connectivity index is 3.07. The average Bonchev–Trinajstić information content (AvgIpc) is 2.52. The van der Waals surface area contributed by atoms with Gasteiger partial charge in [0.15, 0.2) is 9.84 Å². The second kappa shape index (κ2) is 3.60. The van der Waals surface area contributed by atoms with Crippen molar-refractivity contribution in [3.8, 4) is 0 Å². The first-order valence-corrected chi connectivity index (χ1v) is 6.86. The van der Waals surface area contributed by atoms with Crippen molar-refractivity contribution in [3.05, 3.63) is 16.6 Å². The number of nitrogens with zero attached hydrogens (tertiary/aromatic N) is 1. The highest BCUT2D eigenvalue weighted by Crippen LogP contribution is 2.31. The molecule has 0 aromatic carbocycles. The number of aliphatic hydroxyl groups excluding tert-OH is 1. The molecule has 14 heavy (non-hydrogen) atoms. The van der Waals surface area contributed by atoms with Crippen molar-refractivity contribution in [2.75, 3.05) is 6.26 Å². The summed E-state index contributed by atoms with van der Waals surface area (Å²) in [4.78, 5) is 3.90. The Morgan fingerprint density at radius 3 is 2.50 bits per heavy atom. The van der Waals surface area contributed by atoms with Crippen molar-refractivity contribution in [2.45, 2.75) is 24.7 Å². The highest BCUT2D eigenvalue weighted by atomic mass is 32.2. The zero-order valence-corrected chi connectivity index (χ0v) is 9.89. The summed E-state index contributed by atoms with van der Waals surface area (Å²) in [5.74, 6) is 0. The van der Waals surface area contributed by atoms with E-state index in [1.54, 1.807) is 10.9 Å². The van der Waals surface area contributed by atoms with Crippen LogP contribution < -0.4 is 0 Å². The van der Waals surface area contributed by atoms with E-state index in [0.29, 0.717) is 5.69 Å². The third-order valence-electron chi connectivity index (χ3n) is 2.35. The predicted molar refractivity (Wildman–Crippen MR) is 56.0 cm³/mol. The quantitative estimate of drug-likeness (QED) is 0.848. The summed E-state index contributed by atoms with van der Waals surface area (Å²) in [6.45, 7) is 2.98. The maximum absolute atomic E-state index is 11.4. The fourth-order valence-corrected chi connectivity index (χ4v) is 2.01. The van der Waals surface area contributed by atoms with Crippen LogP contribution in [-0.4, -0.2) is 29.5 Å². The molecule has 0 amide bonds. The summed E-state index contributed by atoms with van der Waals surface area (Å²) in [6, 6.07) is 0. The third-order valence-corrected chi connectivity index (χ3v) is 5.09. The van der Waals surface area contributed by atoms with Crippen LogP contribution in [-0.2, 0) is 9.84 Å². The Hall–Kier alpha value is -0.460. The van der Waals surface area contributed by atoms with Gasteiger partial charge in [0.25, 0.3) is 0 Å². The van der Waals surface area contributed by atoms with E-state index >= 15 is 0 Å². The van der Waals surface area contributed by atoms with E-state index in [1.165, 1.54) is 25.2 Å². The zero-order valence-electron chi connectivity index (χ0n) is 8.26. The van der Waals surface area contributed by atoms with Crippen LogP contribution in [0.4, 0.5) is 0 Å². The molecule has 0 radical (unpaired) electrons. The molecule has 1 N–H and O–H groups in total. The minimum atomic E-state index is -3.31. The summed E-state index contributed by atoms with van der Waals surface area (Å²) in [5, 5.41) is 11.5. The molecule has 6 heteroatoms. The highest BCUT2D eigenvalue weighted by Gasteiger charge is 2.39. The zero-order chi connectivity index (χ0) is 11.0. The van der Waals surface area contributed by atoms with Gasteiger partial charge < -0.3 is 5.11 Å². The SMILES string of the molecule is CC(C)(C(O)c1cscn1)S(C)(=O)=O. The maximum atomic E-state index is 11.4. The molecule has 0 fully saturated rings. The van der Waals surface area contributed by atoms with Crippen LogP contribution in [0.2, 0.25) is 0 Å². The van der Waals surface area contributed by atoms with Crippen LogP contribution in [0.15, 0.2) is 10.9 Å². The van der Waals surface area contributed by atoms with Crippen LogP contribution in [0.1, 0.15) is 25.6 Å². The first kappa shape index (κ1) is 11.6. The molecule has 0 spiro atoms. The lowest BCUT2D eigenvalue weighted by Crippen LogP contribution is -2.37. The van der Waals surface area contributed by atoms with E-state index in [-0.39, 0.29) is 0 Å². The van der Waals surface area contributed by atoms with Gasteiger partial charge in [0.1, 0.15) is 6.10 Å². The van der Waals surface area contributed by atoms with Crippen molar-refractivity contribution in [3.63, 3.8) is 0 Å². The van der Waals surface area contributed by atoms with Crippen molar-refractivity contribution < 1.29 is 13.5 Å². The molecule has 0 bridgehead atoms. The second-order valence-electron chi connectivity index (χ2n) is 3.69. The smallest absolute Gasteiger partial charge is 0.155 e. The minimum absolute atomic E-state index is 0.408. The normalized spacial score (nSPS) is 15.4. The van der Waals surface area contributed by atoms with Gasteiger partial charge in [-0.3, -0.25) is 0 Å². The van der Waals surface area contributed by atoms with Crippen molar-refractivity contribution in [1.82, 2.24) is 4.98 Å². The maximum Gasteiger partial charge on any atom is 0.155 e. The molecule has 1 unspecified atom stereocenters. The van der Waals surface area contributed by atoms with Crippen molar-refractivity contribution >= 4 is 21.2 Å². The molecule has 1 aromatic rings. The van der Waals surface area contributed by atoms with Gasteiger partial charge in [0, 0.05) is 11.6 Å². The molecule has 4 nitrogen and oxygen atoms in total. The summed E-state index contributed by atoms with van der Waals surface area (Å²) in [5.41, 5.74) is 1.97. The molecule has 1 heterocycles. The topological polar surface area (TPSA) is 67.3 Å². The lowest BCUT2D eigenvalue weighted by Gasteiger charge is -2.27. The van der Waals surface area contributed by atoms with Gasteiger partial charge in [0.2, 0.25) is 0 Å². The van der Waals surface area contributed by atoms with Gasteiger partial charge in [-0.05, 0) is 13.8 Å². The van der Waals surface area contributed by atoms with Gasteiger partial charge in [-0.15, -0.1) is 11.3 Å². The standard InChI is InChI=1S/C8H13NO3S2/c1-8(2,14(3,11)12)7(10)6-4-13-5-9-6/h4-5,7,10H,1-3H3. The summed E-state index contributed by atoms with van der Waals surface area (Å²) in [7, 11) is -3.31. The largest absolute Gasteiger partial charge is 0.385 e. The molecular weight excluding hydrogens is 222 g/mol. The average molecular weight is 235 g/mol. The van der Waals surface area contributed by atoms with Gasteiger partial charge in [-0.25, -0.2) is 13.4 Å². The fourth-order valence-electron chi connectivity index (χ4n) is 0.916. The monoisotopic (exact) mass is 235 g/mol. The van der Waals surface area contributed by atoms with E-state index in [1.807, 2.05) is 0 Å². The van der Waals surface area contributed by atoms with E-state index in [0.717, 1.165) is 6.26 Å². The van der Waals surface area contributed by atoms with Crippen LogP contribution in [0.3, 0.4) is 0 Å². The number of aromatic nitrogens is 1. The molecule has 0 aliphatic rings. The number of hydrogen-bond acceptors (Lipinski definition) is 5. The fraction of sp³-hybridized carbons (Fsp3) is 0.625. The molecule has 1 atom stereocenters. The molecular formula is C8H13NO3S2. The molecule has 0 aliphatic carbocycles. The van der Waals surface area contributed by atoms with E-state index in [4.69, 9.17) is 0 Å². The van der Waals surface area contributed by atoms with Crippen LogP contribution >= 0.6 is 11.3 Å². The van der Waals surface area contributed by atoms with Gasteiger partial charge in [0.05, 0.1) is 16.0 Å². The molecule has 80 valence electrons. The van der Waals surface area contributed by atoms with E-state index in [9.17, 15) is 13.5 Å². The molecule has 1 rings (SSSR count). The van der Waals surface area contributed by atoms with Gasteiger partial charge >= 0.3 is 0 Å². The number of sulfone groups is 1. The summed E-state index contributed by atoms with van der Waals surface area (Å²) >= 11 is 1.33. The molecule has 0 aliphatic heterocycles. The lowest BCUT2D eigenvalue weighted by molar-refractivity contribution is 0.135. The number of aliphatic hydroxyl groups is 1. The Morgan fingerprint density at radius 1 is 1.57 bits per heavy atom. The summed E-state index contributed by atoms with van der Waals surface area (Å²) in [6.07, 6.45) is 0.0338. The van der Waals surface area contributed by atoms with E-state index < -0.39 is 20.7 Å². The Bertz CT molecular complexity index is 394. The summed E-state index contributed by atoms with van der Waals surface area (Å²) < 4.78 is 21.6. The predicted octanol–water partition coefficient (Wildman–Crippen LogP) is 1.000. The van der Waals surface area contributed by atoms with Crippen molar-refractivity contribution in [1.29, 1.82) is 0 Å². The first-order chi connectivity index (χ1) is 6.27. The number of thiazole rings is 1. The molecule has 1 aromatic heterocycles. The molecule has 0 saturated carbocycles. The van der Waals surface area contributed by atoms with E-state index in [2.05, 4.69) is 4.98 Å². The van der Waals surface area contributed by atoms with Crippen LogP contribution in [0.5, 0.6) is 0 Å². The number of rotatable bonds is 3. The van der Waals surface area contributed by atoms with Crippen LogP contribution in [0, 0.1) is 0 Å². The highest BCUT2D eigenvalue weighted by molar-refractivity contribution is 7.92. The van der Waals surface area contributed by atoms with Crippen LogP contribution in [0.25, 0.3) is 0 Å². The van der Waals surface area contributed by atoms with Gasteiger partial charge in [-0.2, -0.15) is 0 Å². The lowest BCUT2D eigenvalue weighted by atomic mass is 10.0. The Kier molecular flexibility index (Phi) is 2.99. The second-order valence-corrected chi connectivity index (χ2v) is 7.01. The molecule has 0 saturated heterocycles. The Labute approximate surface area is 87.5 Å². The van der Waals surface area contributed by atoms with Gasteiger partial charge in [-0.1, -0.05) is 0 Å².